The maximum Gasteiger partial charge on any atom is 0.238 e. The molecule has 132 valence electrons. The summed E-state index contributed by atoms with van der Waals surface area (Å²) < 4.78 is 22.8. The van der Waals surface area contributed by atoms with Crippen LogP contribution in [0.3, 0.4) is 0 Å². The van der Waals surface area contributed by atoms with Gasteiger partial charge in [-0.1, -0.05) is 12.1 Å². The number of rotatable bonds is 6. The van der Waals surface area contributed by atoms with Crippen LogP contribution in [0.5, 0.6) is 0 Å². The Hall–Kier alpha value is -0.520. The zero-order valence-electron chi connectivity index (χ0n) is 13.8. The first-order chi connectivity index (χ1) is 10.2. The molecule has 1 aromatic rings. The highest BCUT2D eigenvalue weighted by molar-refractivity contribution is 14.0. The molecular formula is C14H25IN4O2S2. The number of sulfonamides is 1. The second kappa shape index (κ2) is 9.70. The molecule has 6 nitrogen and oxygen atoms in total. The number of benzene rings is 1. The fourth-order valence-electron chi connectivity index (χ4n) is 1.61. The Bertz CT molecular complexity index is 633. The summed E-state index contributed by atoms with van der Waals surface area (Å²) in [4.78, 5) is 4.26. The minimum absolute atomic E-state index is 0. The molecule has 0 heterocycles. The number of hydrogen-bond acceptors (Lipinski definition) is 4. The Labute approximate surface area is 160 Å². The normalized spacial score (nSPS) is 12.5. The number of hydrogen-bond donors (Lipinski definition) is 3. The molecule has 0 unspecified atom stereocenters. The topological polar surface area (TPSA) is 96.6 Å². The van der Waals surface area contributed by atoms with E-state index in [4.69, 9.17) is 5.14 Å². The van der Waals surface area contributed by atoms with Gasteiger partial charge in [0.2, 0.25) is 10.0 Å². The maximum absolute atomic E-state index is 11.3. The zero-order valence-corrected chi connectivity index (χ0v) is 17.8. The minimum atomic E-state index is -3.68. The molecule has 0 amide bonds. The third kappa shape index (κ3) is 8.23. The molecule has 0 atom stereocenters. The SMILES string of the molecule is CN=C(NCc1cccc(S(N)(=O)=O)c1)NCC(C)(C)SC.I. The van der Waals surface area contributed by atoms with Crippen LogP contribution in [-0.2, 0) is 16.6 Å². The molecule has 0 aliphatic carbocycles. The maximum atomic E-state index is 11.3. The van der Waals surface area contributed by atoms with Crippen LogP contribution >= 0.6 is 35.7 Å². The van der Waals surface area contributed by atoms with E-state index in [9.17, 15) is 8.42 Å². The van der Waals surface area contributed by atoms with Crippen molar-refractivity contribution in [2.45, 2.75) is 30.0 Å². The first-order valence-electron chi connectivity index (χ1n) is 6.79. The number of guanidine groups is 1. The molecule has 0 bridgehead atoms. The Morgan fingerprint density at radius 2 is 2.00 bits per heavy atom. The fraction of sp³-hybridized carbons (Fsp3) is 0.500. The third-order valence-electron chi connectivity index (χ3n) is 3.14. The Morgan fingerprint density at radius 3 is 2.52 bits per heavy atom. The molecule has 23 heavy (non-hydrogen) atoms. The molecule has 0 fully saturated rings. The molecule has 0 saturated heterocycles. The highest BCUT2D eigenvalue weighted by Gasteiger charge is 2.16. The summed E-state index contributed by atoms with van der Waals surface area (Å²) in [6.07, 6.45) is 2.07. The summed E-state index contributed by atoms with van der Waals surface area (Å²) in [7, 11) is -1.98. The third-order valence-corrected chi connectivity index (χ3v) is 5.31. The van der Waals surface area contributed by atoms with Crippen molar-refractivity contribution in [3.8, 4) is 0 Å². The smallest absolute Gasteiger partial charge is 0.238 e. The Balaban J connectivity index is 0.00000484. The number of thioether (sulfide) groups is 1. The van der Waals surface area contributed by atoms with E-state index >= 15 is 0 Å². The zero-order chi connectivity index (χ0) is 16.8. The second-order valence-corrected chi connectivity index (χ2v) is 8.51. The lowest BCUT2D eigenvalue weighted by molar-refractivity contribution is 0.597. The highest BCUT2D eigenvalue weighted by Crippen LogP contribution is 2.19. The van der Waals surface area contributed by atoms with Crippen LogP contribution in [0, 0.1) is 0 Å². The molecule has 0 aliphatic heterocycles. The molecule has 1 aromatic carbocycles. The van der Waals surface area contributed by atoms with Crippen molar-refractivity contribution in [1.82, 2.24) is 10.6 Å². The van der Waals surface area contributed by atoms with E-state index in [1.807, 2.05) is 6.07 Å². The lowest BCUT2D eigenvalue weighted by Gasteiger charge is -2.23. The quantitative estimate of drug-likeness (QED) is 0.333. The molecular weight excluding hydrogens is 447 g/mol. The molecule has 0 aromatic heterocycles. The molecule has 0 saturated carbocycles. The largest absolute Gasteiger partial charge is 0.355 e. The fourth-order valence-corrected chi connectivity index (χ4v) is 2.41. The number of primary sulfonamides is 1. The minimum Gasteiger partial charge on any atom is -0.355 e. The van der Waals surface area contributed by atoms with Gasteiger partial charge in [-0.25, -0.2) is 13.6 Å². The molecule has 0 radical (unpaired) electrons. The van der Waals surface area contributed by atoms with Crippen LogP contribution in [0.4, 0.5) is 0 Å². The Kier molecular flexibility index (Phi) is 9.48. The van der Waals surface area contributed by atoms with E-state index in [0.717, 1.165) is 12.1 Å². The van der Waals surface area contributed by atoms with Gasteiger partial charge in [0.05, 0.1) is 4.90 Å². The van der Waals surface area contributed by atoms with Gasteiger partial charge in [0, 0.05) is 24.9 Å². The van der Waals surface area contributed by atoms with Crippen molar-refractivity contribution in [3.63, 3.8) is 0 Å². The first kappa shape index (κ1) is 22.5. The van der Waals surface area contributed by atoms with Gasteiger partial charge in [-0.2, -0.15) is 11.8 Å². The van der Waals surface area contributed by atoms with Crippen LogP contribution in [0.2, 0.25) is 0 Å². The standard InChI is InChI=1S/C14H24N4O2S2.HI/c1-14(2,21-4)10-18-13(16-3)17-9-11-6-5-7-12(8-11)22(15,19)20;/h5-8H,9-10H2,1-4H3,(H2,15,19,20)(H2,16,17,18);1H. The van der Waals surface area contributed by atoms with Crippen molar-refractivity contribution in [1.29, 1.82) is 0 Å². The van der Waals surface area contributed by atoms with Crippen molar-refractivity contribution >= 4 is 51.7 Å². The first-order valence-corrected chi connectivity index (χ1v) is 9.56. The average molecular weight is 472 g/mol. The van der Waals surface area contributed by atoms with E-state index in [-0.39, 0.29) is 33.6 Å². The molecule has 1 rings (SSSR count). The van der Waals surface area contributed by atoms with Gasteiger partial charge >= 0.3 is 0 Å². The summed E-state index contributed by atoms with van der Waals surface area (Å²) in [6, 6.07) is 6.54. The number of nitrogens with zero attached hydrogens (tertiary/aromatic N) is 1. The summed E-state index contributed by atoms with van der Waals surface area (Å²) in [5.41, 5.74) is 0.818. The van der Waals surface area contributed by atoms with Gasteiger partial charge in [0.15, 0.2) is 5.96 Å². The van der Waals surface area contributed by atoms with E-state index in [1.54, 1.807) is 30.9 Å². The number of nitrogens with two attached hydrogens (primary N) is 1. The summed E-state index contributed by atoms with van der Waals surface area (Å²) in [5.74, 6) is 0.670. The number of aliphatic imine (C=N–C) groups is 1. The lowest BCUT2D eigenvalue weighted by Crippen LogP contribution is -2.43. The Morgan fingerprint density at radius 1 is 1.35 bits per heavy atom. The number of halogens is 1. The lowest BCUT2D eigenvalue weighted by atomic mass is 10.2. The van der Waals surface area contributed by atoms with Gasteiger partial charge in [0.25, 0.3) is 0 Å². The van der Waals surface area contributed by atoms with Crippen molar-refractivity contribution in [2.75, 3.05) is 19.8 Å². The van der Waals surface area contributed by atoms with Crippen LogP contribution in [0.25, 0.3) is 0 Å². The summed E-state index contributed by atoms with van der Waals surface area (Å²) in [6.45, 7) is 5.52. The molecule has 0 spiro atoms. The number of nitrogens with one attached hydrogen (secondary N) is 2. The molecule has 9 heteroatoms. The van der Waals surface area contributed by atoms with Crippen LogP contribution in [0.15, 0.2) is 34.2 Å². The van der Waals surface area contributed by atoms with Gasteiger partial charge in [-0.15, -0.1) is 24.0 Å². The van der Waals surface area contributed by atoms with E-state index in [2.05, 4.69) is 35.7 Å². The summed E-state index contributed by atoms with van der Waals surface area (Å²) >= 11 is 1.77. The highest BCUT2D eigenvalue weighted by atomic mass is 127. The van der Waals surface area contributed by atoms with Gasteiger partial charge < -0.3 is 10.6 Å². The predicted molar refractivity (Wildman–Crippen MR) is 109 cm³/mol. The van der Waals surface area contributed by atoms with E-state index in [1.165, 1.54) is 6.07 Å². The molecule has 4 N–H and O–H groups in total. The molecule has 0 aliphatic rings. The summed E-state index contributed by atoms with van der Waals surface area (Å²) in [5, 5.41) is 11.5. The van der Waals surface area contributed by atoms with Gasteiger partial charge in [0.1, 0.15) is 0 Å². The van der Waals surface area contributed by atoms with Crippen molar-refractivity contribution in [3.05, 3.63) is 29.8 Å². The van der Waals surface area contributed by atoms with Crippen molar-refractivity contribution < 1.29 is 8.42 Å². The average Bonchev–Trinajstić information content (AvgIpc) is 2.47. The van der Waals surface area contributed by atoms with Gasteiger partial charge in [-0.05, 0) is 37.8 Å². The van der Waals surface area contributed by atoms with Crippen LogP contribution in [0.1, 0.15) is 19.4 Å². The van der Waals surface area contributed by atoms with Crippen molar-refractivity contribution in [2.24, 2.45) is 10.1 Å². The van der Waals surface area contributed by atoms with E-state index < -0.39 is 10.0 Å². The van der Waals surface area contributed by atoms with Crippen LogP contribution < -0.4 is 15.8 Å². The monoisotopic (exact) mass is 472 g/mol. The van der Waals surface area contributed by atoms with E-state index in [0.29, 0.717) is 12.5 Å². The predicted octanol–water partition coefficient (Wildman–Crippen LogP) is 1.76. The van der Waals surface area contributed by atoms with Crippen LogP contribution in [-0.4, -0.2) is 39.0 Å². The van der Waals surface area contributed by atoms with Gasteiger partial charge in [-0.3, -0.25) is 4.99 Å². The second-order valence-electron chi connectivity index (χ2n) is 5.44.